The van der Waals surface area contributed by atoms with Crippen LogP contribution in [0.3, 0.4) is 0 Å². The van der Waals surface area contributed by atoms with E-state index < -0.39 is 13.9 Å². The Kier molecular flexibility index (Phi) is 40.1. The molecule has 1 unspecified atom stereocenters. The number of nitrogens with zero attached hydrogens (tertiary/aromatic N) is 1. The summed E-state index contributed by atoms with van der Waals surface area (Å²) in [4.78, 5) is 25.1. The molecule has 9 heteroatoms. The van der Waals surface area contributed by atoms with E-state index in [-0.39, 0.29) is 32.2 Å². The van der Waals surface area contributed by atoms with E-state index in [0.717, 1.165) is 70.6 Å². The molecule has 0 saturated heterocycles. The van der Waals surface area contributed by atoms with Crippen molar-refractivity contribution in [2.24, 2.45) is 0 Å². The van der Waals surface area contributed by atoms with Crippen molar-refractivity contribution in [1.82, 2.24) is 0 Å². The van der Waals surface area contributed by atoms with E-state index in [4.69, 9.17) is 18.5 Å². The highest BCUT2D eigenvalue weighted by Gasteiger charge is 2.20. The third-order valence-electron chi connectivity index (χ3n) is 9.89. The average molecular weight is 824 g/mol. The lowest BCUT2D eigenvalue weighted by atomic mass is 10.0. The van der Waals surface area contributed by atoms with Gasteiger partial charge in [-0.15, -0.1) is 0 Å². The molecule has 8 nitrogen and oxygen atoms in total. The minimum absolute atomic E-state index is 0.0207. The minimum atomic E-state index is -4.53. The Balaban J connectivity index is 4.23. The second-order valence-electron chi connectivity index (χ2n) is 16.7. The number of carbonyl (C=O) groups is 1. The van der Waals surface area contributed by atoms with Crippen LogP contribution in [0.25, 0.3) is 0 Å². The van der Waals surface area contributed by atoms with Crippen LogP contribution < -0.4 is 4.89 Å². The van der Waals surface area contributed by atoms with Gasteiger partial charge in [0.25, 0.3) is 7.82 Å². The van der Waals surface area contributed by atoms with Crippen LogP contribution in [0.5, 0.6) is 0 Å². The second kappa shape index (κ2) is 41.2. The molecule has 2 atom stereocenters. The fourth-order valence-corrected chi connectivity index (χ4v) is 7.03. The predicted octanol–water partition coefficient (Wildman–Crippen LogP) is 13.3. The largest absolute Gasteiger partial charge is 0.756 e. The van der Waals surface area contributed by atoms with Crippen LogP contribution in [0.1, 0.15) is 194 Å². The summed E-state index contributed by atoms with van der Waals surface area (Å²) in [5.74, 6) is -0.356. The molecule has 0 bridgehead atoms. The molecule has 0 saturated carbocycles. The van der Waals surface area contributed by atoms with Crippen LogP contribution >= 0.6 is 7.82 Å². The number of phosphoric acid groups is 1. The molecule has 0 N–H and O–H groups in total. The lowest BCUT2D eigenvalue weighted by Crippen LogP contribution is -2.37. The van der Waals surface area contributed by atoms with Crippen LogP contribution in [0.15, 0.2) is 48.6 Å². The number of hydrogen-bond donors (Lipinski definition) is 0. The van der Waals surface area contributed by atoms with Crippen LogP contribution in [0.2, 0.25) is 0 Å². The van der Waals surface area contributed by atoms with Gasteiger partial charge in [0, 0.05) is 13.0 Å². The number of quaternary nitrogens is 1. The molecule has 334 valence electrons. The van der Waals surface area contributed by atoms with E-state index in [1.54, 1.807) is 0 Å². The van der Waals surface area contributed by atoms with Crippen molar-refractivity contribution in [2.45, 2.75) is 200 Å². The Bertz CT molecular complexity index is 1050. The molecule has 0 fully saturated rings. The third-order valence-corrected chi connectivity index (χ3v) is 10.9. The highest BCUT2D eigenvalue weighted by Crippen LogP contribution is 2.38. The van der Waals surface area contributed by atoms with Crippen LogP contribution in [-0.2, 0) is 27.9 Å². The van der Waals surface area contributed by atoms with Crippen molar-refractivity contribution in [3.8, 4) is 0 Å². The third kappa shape index (κ3) is 45.4. The molecule has 0 aliphatic carbocycles. The average Bonchev–Trinajstić information content (AvgIpc) is 3.16. The van der Waals surface area contributed by atoms with Crippen molar-refractivity contribution in [2.75, 3.05) is 54.1 Å². The van der Waals surface area contributed by atoms with Crippen molar-refractivity contribution in [1.29, 1.82) is 0 Å². The maximum absolute atomic E-state index is 12.7. The lowest BCUT2D eigenvalue weighted by Gasteiger charge is -2.28. The Morgan fingerprint density at radius 1 is 0.561 bits per heavy atom. The number of likely N-dealkylation sites (N-methyl/N-ethyl adjacent to an activating group) is 1. The van der Waals surface area contributed by atoms with E-state index in [1.807, 2.05) is 21.1 Å². The Morgan fingerprint density at radius 2 is 1.02 bits per heavy atom. The van der Waals surface area contributed by atoms with E-state index in [2.05, 4.69) is 62.5 Å². The zero-order valence-corrected chi connectivity index (χ0v) is 38.7. The fraction of sp³-hybridized carbons (Fsp3) is 0.812. The summed E-state index contributed by atoms with van der Waals surface area (Å²) in [7, 11) is 1.34. The molecule has 0 aromatic carbocycles. The SMILES string of the molecule is CC/C=C\C/C=C\C/C=C\C/C=C\CCCCCCC(=O)O[C@H](COCCCCCCCCCCCCCCCCCCCC)COP(=O)([O-])OCC[N+](C)(C)C. The fourth-order valence-electron chi connectivity index (χ4n) is 6.30. The lowest BCUT2D eigenvalue weighted by molar-refractivity contribution is -0.870. The molecule has 0 aromatic rings. The smallest absolute Gasteiger partial charge is 0.306 e. The maximum Gasteiger partial charge on any atom is 0.306 e. The number of phosphoric ester groups is 1. The quantitative estimate of drug-likeness (QED) is 0.0199. The summed E-state index contributed by atoms with van der Waals surface area (Å²) in [6, 6.07) is 0. The summed E-state index contributed by atoms with van der Waals surface area (Å²) in [5.41, 5.74) is 0. The predicted molar refractivity (Wildman–Crippen MR) is 240 cm³/mol. The molecular formula is C48H90NO7P. The van der Waals surface area contributed by atoms with Crippen LogP contribution in [0, 0.1) is 0 Å². The highest BCUT2D eigenvalue weighted by molar-refractivity contribution is 7.45. The normalized spacial score (nSPS) is 14.1. The maximum atomic E-state index is 12.7. The molecule has 57 heavy (non-hydrogen) atoms. The number of hydrogen-bond acceptors (Lipinski definition) is 7. The van der Waals surface area contributed by atoms with Crippen molar-refractivity contribution in [3.05, 3.63) is 48.6 Å². The van der Waals surface area contributed by atoms with Gasteiger partial charge in [0.05, 0.1) is 34.4 Å². The number of carbonyl (C=O) groups excluding carboxylic acids is 1. The number of rotatable bonds is 43. The Hall–Kier alpha value is -1.54. The van der Waals surface area contributed by atoms with Gasteiger partial charge in [-0.2, -0.15) is 0 Å². The van der Waals surface area contributed by atoms with Gasteiger partial charge in [-0.05, 0) is 51.4 Å². The van der Waals surface area contributed by atoms with Gasteiger partial charge in [0.2, 0.25) is 0 Å². The summed E-state index contributed by atoms with van der Waals surface area (Å²) < 4.78 is 34.6. The van der Waals surface area contributed by atoms with Gasteiger partial charge in [-0.3, -0.25) is 9.36 Å². The number of ether oxygens (including phenoxy) is 2. The van der Waals surface area contributed by atoms with Crippen LogP contribution in [-0.4, -0.2) is 70.7 Å². The zero-order chi connectivity index (χ0) is 42.0. The first-order valence-corrected chi connectivity index (χ1v) is 24.8. The van der Waals surface area contributed by atoms with Gasteiger partial charge >= 0.3 is 5.97 Å². The van der Waals surface area contributed by atoms with Gasteiger partial charge in [0.15, 0.2) is 0 Å². The highest BCUT2D eigenvalue weighted by atomic mass is 31.2. The Labute approximate surface area is 352 Å². The van der Waals surface area contributed by atoms with Gasteiger partial charge in [-0.25, -0.2) is 0 Å². The first-order chi connectivity index (χ1) is 27.6. The van der Waals surface area contributed by atoms with Gasteiger partial charge in [-0.1, -0.05) is 184 Å². The molecule has 0 aromatic heterocycles. The molecule has 0 spiro atoms. The molecule has 0 aliphatic rings. The standard InChI is InChI=1S/C48H90NO7P/c1-6-8-10-12-14-16-18-20-22-24-26-28-30-32-34-36-38-40-43-53-45-47(46-55-57(51,52)54-44-42-49(3,4)5)56-48(50)41-39-37-35-33-31-29-27-25-23-21-19-17-15-13-11-9-7-2/h9,11,15,17,21,23,27,29,47H,6-8,10,12-14,16,18-20,22,24-26,28,30-46H2,1-5H3/b11-9-,17-15-,23-21-,29-27-/t47-/m1/s1. The summed E-state index contributed by atoms with van der Waals surface area (Å²) >= 11 is 0. The van der Waals surface area contributed by atoms with Crippen molar-refractivity contribution in [3.63, 3.8) is 0 Å². The van der Waals surface area contributed by atoms with Crippen LogP contribution in [0.4, 0.5) is 0 Å². The molecule has 0 rings (SSSR count). The summed E-state index contributed by atoms with van der Waals surface area (Å²) in [5, 5.41) is 0. The number of unbranched alkanes of at least 4 members (excludes halogenated alkanes) is 21. The second-order valence-corrected chi connectivity index (χ2v) is 18.2. The molecule has 0 amide bonds. The zero-order valence-electron chi connectivity index (χ0n) is 37.8. The molecule has 0 heterocycles. The topological polar surface area (TPSA) is 94.1 Å². The van der Waals surface area contributed by atoms with E-state index in [9.17, 15) is 14.3 Å². The minimum Gasteiger partial charge on any atom is -0.756 e. The van der Waals surface area contributed by atoms with Gasteiger partial charge < -0.3 is 27.9 Å². The Morgan fingerprint density at radius 3 is 1.53 bits per heavy atom. The monoisotopic (exact) mass is 824 g/mol. The molecule has 0 aliphatic heterocycles. The van der Waals surface area contributed by atoms with E-state index in [0.29, 0.717) is 17.6 Å². The van der Waals surface area contributed by atoms with Gasteiger partial charge in [0.1, 0.15) is 19.3 Å². The van der Waals surface area contributed by atoms with E-state index >= 15 is 0 Å². The number of esters is 1. The first-order valence-electron chi connectivity index (χ1n) is 23.4. The molecular weight excluding hydrogens is 734 g/mol. The number of allylic oxidation sites excluding steroid dienone is 8. The van der Waals surface area contributed by atoms with Crippen molar-refractivity contribution < 1.29 is 37.3 Å². The first kappa shape index (κ1) is 55.5. The molecule has 0 radical (unpaired) electrons. The van der Waals surface area contributed by atoms with E-state index in [1.165, 1.54) is 103 Å². The summed E-state index contributed by atoms with van der Waals surface area (Å²) in [6.45, 7) is 5.29. The summed E-state index contributed by atoms with van der Waals surface area (Å²) in [6.07, 6.45) is 49.8. The van der Waals surface area contributed by atoms with Crippen molar-refractivity contribution >= 4 is 13.8 Å².